The van der Waals surface area contributed by atoms with Crippen molar-refractivity contribution in [2.24, 2.45) is 0 Å². The van der Waals surface area contributed by atoms with Crippen molar-refractivity contribution in [1.29, 1.82) is 0 Å². The molecule has 0 aromatic carbocycles. The zero-order valence-electron chi connectivity index (χ0n) is 10.9. The normalized spacial score (nSPS) is 26.5. The number of amides is 1. The molecule has 0 aliphatic carbocycles. The standard InChI is InChI=1S/C14H21NO3/c1-2-3-4-8-13(16)15-9-6-5-7-12(15)14-17-10-11-18-14/h2-4,8,12,14H,5-7,9-11H2,1H3/b3-2+,8-4+. The molecule has 1 atom stereocenters. The number of carbonyl (C=O) groups excluding carboxylic acids is 1. The summed E-state index contributed by atoms with van der Waals surface area (Å²) in [6.45, 7) is 4.00. The second kappa shape index (κ2) is 6.71. The molecule has 0 radical (unpaired) electrons. The van der Waals surface area contributed by atoms with Crippen LogP contribution in [0.2, 0.25) is 0 Å². The van der Waals surface area contributed by atoms with E-state index in [1.54, 1.807) is 12.2 Å². The molecule has 2 rings (SSSR count). The fourth-order valence-electron chi connectivity index (χ4n) is 2.46. The van der Waals surface area contributed by atoms with Crippen LogP contribution in [0.3, 0.4) is 0 Å². The van der Waals surface area contributed by atoms with Gasteiger partial charge in [0.1, 0.15) is 0 Å². The van der Waals surface area contributed by atoms with Crippen LogP contribution in [0.25, 0.3) is 0 Å². The Morgan fingerprint density at radius 3 is 2.72 bits per heavy atom. The van der Waals surface area contributed by atoms with Gasteiger partial charge in [0.25, 0.3) is 0 Å². The Kier molecular flexibility index (Phi) is 4.96. The maximum atomic E-state index is 12.1. The van der Waals surface area contributed by atoms with Crippen molar-refractivity contribution >= 4 is 5.91 Å². The third kappa shape index (κ3) is 3.21. The maximum absolute atomic E-state index is 12.1. The fourth-order valence-corrected chi connectivity index (χ4v) is 2.46. The number of carbonyl (C=O) groups is 1. The second-order valence-electron chi connectivity index (χ2n) is 4.59. The molecule has 0 saturated carbocycles. The van der Waals surface area contributed by atoms with E-state index in [9.17, 15) is 4.79 Å². The minimum Gasteiger partial charge on any atom is -0.348 e. The van der Waals surface area contributed by atoms with Crippen LogP contribution in [0, 0.1) is 0 Å². The highest BCUT2D eigenvalue weighted by atomic mass is 16.7. The number of allylic oxidation sites excluding steroid dienone is 3. The van der Waals surface area contributed by atoms with Gasteiger partial charge in [-0.3, -0.25) is 4.79 Å². The van der Waals surface area contributed by atoms with Gasteiger partial charge < -0.3 is 14.4 Å². The van der Waals surface area contributed by atoms with Crippen molar-refractivity contribution in [3.63, 3.8) is 0 Å². The monoisotopic (exact) mass is 251 g/mol. The molecule has 0 aromatic heterocycles. The molecule has 1 amide bonds. The summed E-state index contributed by atoms with van der Waals surface area (Å²) in [6, 6.07) is 0.0732. The lowest BCUT2D eigenvalue weighted by Crippen LogP contribution is -2.49. The summed E-state index contributed by atoms with van der Waals surface area (Å²) in [5.41, 5.74) is 0. The number of nitrogens with zero attached hydrogens (tertiary/aromatic N) is 1. The van der Waals surface area contributed by atoms with Gasteiger partial charge in [-0.05, 0) is 26.2 Å². The lowest BCUT2D eigenvalue weighted by atomic mass is 10.0. The molecule has 2 aliphatic rings. The van der Waals surface area contributed by atoms with Crippen molar-refractivity contribution in [2.75, 3.05) is 19.8 Å². The van der Waals surface area contributed by atoms with Gasteiger partial charge in [0.15, 0.2) is 6.29 Å². The van der Waals surface area contributed by atoms with E-state index in [4.69, 9.17) is 9.47 Å². The number of hydrogen-bond donors (Lipinski definition) is 0. The van der Waals surface area contributed by atoms with Gasteiger partial charge in [-0.2, -0.15) is 0 Å². The summed E-state index contributed by atoms with van der Waals surface area (Å²) in [6.07, 6.45) is 10.1. The fraction of sp³-hybridized carbons (Fsp3) is 0.643. The third-order valence-corrected chi connectivity index (χ3v) is 3.34. The highest BCUT2D eigenvalue weighted by Crippen LogP contribution is 2.24. The molecule has 2 fully saturated rings. The van der Waals surface area contributed by atoms with Gasteiger partial charge in [0, 0.05) is 12.6 Å². The van der Waals surface area contributed by atoms with Crippen LogP contribution in [0.4, 0.5) is 0 Å². The second-order valence-corrected chi connectivity index (χ2v) is 4.59. The molecule has 0 bridgehead atoms. The minimum atomic E-state index is -0.232. The van der Waals surface area contributed by atoms with E-state index in [0.29, 0.717) is 13.2 Å². The average Bonchev–Trinajstić information content (AvgIpc) is 2.93. The zero-order chi connectivity index (χ0) is 12.8. The first-order valence-electron chi connectivity index (χ1n) is 6.66. The first kappa shape index (κ1) is 13.3. The highest BCUT2D eigenvalue weighted by Gasteiger charge is 2.35. The van der Waals surface area contributed by atoms with E-state index in [1.807, 2.05) is 24.0 Å². The number of likely N-dealkylation sites (tertiary alicyclic amines) is 1. The SMILES string of the molecule is C/C=C/C=C/C(=O)N1CCCCC1C1OCCO1. The Hall–Kier alpha value is -1.13. The molecule has 2 saturated heterocycles. The van der Waals surface area contributed by atoms with Crippen molar-refractivity contribution in [3.05, 3.63) is 24.3 Å². The van der Waals surface area contributed by atoms with Crippen LogP contribution in [0.1, 0.15) is 26.2 Å². The summed E-state index contributed by atoms with van der Waals surface area (Å²) < 4.78 is 11.1. The summed E-state index contributed by atoms with van der Waals surface area (Å²) in [5.74, 6) is 0.0527. The van der Waals surface area contributed by atoms with Crippen molar-refractivity contribution < 1.29 is 14.3 Å². The molecule has 0 N–H and O–H groups in total. The molecular formula is C14H21NO3. The Balaban J connectivity index is 2.00. The first-order valence-corrected chi connectivity index (χ1v) is 6.66. The molecule has 1 unspecified atom stereocenters. The van der Waals surface area contributed by atoms with E-state index in [-0.39, 0.29) is 18.2 Å². The van der Waals surface area contributed by atoms with Crippen molar-refractivity contribution in [2.45, 2.75) is 38.5 Å². The predicted molar refractivity (Wildman–Crippen MR) is 69.0 cm³/mol. The lowest BCUT2D eigenvalue weighted by Gasteiger charge is -2.37. The van der Waals surface area contributed by atoms with E-state index in [0.717, 1.165) is 25.8 Å². The number of hydrogen-bond acceptors (Lipinski definition) is 3. The van der Waals surface area contributed by atoms with Gasteiger partial charge in [0.2, 0.25) is 5.91 Å². The van der Waals surface area contributed by atoms with Crippen LogP contribution < -0.4 is 0 Å². The van der Waals surface area contributed by atoms with Crippen molar-refractivity contribution in [3.8, 4) is 0 Å². The van der Waals surface area contributed by atoms with E-state index in [2.05, 4.69) is 0 Å². The maximum Gasteiger partial charge on any atom is 0.246 e. The molecule has 18 heavy (non-hydrogen) atoms. The van der Waals surface area contributed by atoms with Gasteiger partial charge in [0.05, 0.1) is 19.3 Å². The smallest absolute Gasteiger partial charge is 0.246 e. The summed E-state index contributed by atoms with van der Waals surface area (Å²) in [4.78, 5) is 14.0. The molecule has 4 nitrogen and oxygen atoms in total. The van der Waals surface area contributed by atoms with Crippen LogP contribution in [0.15, 0.2) is 24.3 Å². The Morgan fingerprint density at radius 1 is 1.22 bits per heavy atom. The molecular weight excluding hydrogens is 230 g/mol. The van der Waals surface area contributed by atoms with Gasteiger partial charge in [-0.15, -0.1) is 0 Å². The van der Waals surface area contributed by atoms with Crippen LogP contribution in [-0.4, -0.2) is 42.9 Å². The summed E-state index contributed by atoms with van der Waals surface area (Å²) in [5, 5.41) is 0. The number of rotatable bonds is 3. The topological polar surface area (TPSA) is 38.8 Å². The minimum absolute atomic E-state index is 0.0527. The van der Waals surface area contributed by atoms with Crippen molar-refractivity contribution in [1.82, 2.24) is 4.90 Å². The van der Waals surface area contributed by atoms with E-state index in [1.165, 1.54) is 0 Å². The average molecular weight is 251 g/mol. The number of piperidine rings is 1. The summed E-state index contributed by atoms with van der Waals surface area (Å²) >= 11 is 0. The Labute approximate surface area is 108 Å². The Bertz CT molecular complexity index is 332. The molecule has 2 aliphatic heterocycles. The number of ether oxygens (including phenoxy) is 2. The summed E-state index contributed by atoms with van der Waals surface area (Å²) in [7, 11) is 0. The highest BCUT2D eigenvalue weighted by molar-refractivity contribution is 5.88. The molecule has 4 heteroatoms. The third-order valence-electron chi connectivity index (χ3n) is 3.34. The van der Waals surface area contributed by atoms with Gasteiger partial charge in [-0.25, -0.2) is 0 Å². The molecule has 100 valence electrons. The molecule has 0 spiro atoms. The first-order chi connectivity index (χ1) is 8.83. The van der Waals surface area contributed by atoms with Gasteiger partial charge in [-0.1, -0.05) is 18.2 Å². The Morgan fingerprint density at radius 2 is 2.00 bits per heavy atom. The molecule has 2 heterocycles. The molecule has 0 aromatic rings. The van der Waals surface area contributed by atoms with Gasteiger partial charge >= 0.3 is 0 Å². The zero-order valence-corrected chi connectivity index (χ0v) is 10.9. The predicted octanol–water partition coefficient (Wildman–Crippen LogP) is 1.87. The van der Waals surface area contributed by atoms with Crippen LogP contribution >= 0.6 is 0 Å². The van der Waals surface area contributed by atoms with E-state index >= 15 is 0 Å². The largest absolute Gasteiger partial charge is 0.348 e. The lowest BCUT2D eigenvalue weighted by molar-refractivity contribution is -0.145. The van der Waals surface area contributed by atoms with Crippen LogP contribution in [0.5, 0.6) is 0 Å². The quantitative estimate of drug-likeness (QED) is 0.568. The van der Waals surface area contributed by atoms with E-state index < -0.39 is 0 Å². The van der Waals surface area contributed by atoms with Crippen LogP contribution in [-0.2, 0) is 14.3 Å².